The Morgan fingerprint density at radius 3 is 2.72 bits per heavy atom. The second-order valence-corrected chi connectivity index (χ2v) is 6.57. The van der Waals surface area contributed by atoms with Crippen molar-refractivity contribution < 1.29 is 4.79 Å². The van der Waals surface area contributed by atoms with E-state index < -0.39 is 0 Å². The second-order valence-electron chi connectivity index (χ2n) is 6.57. The lowest BCUT2D eigenvalue weighted by molar-refractivity contribution is -0.137. The molecule has 6 heteroatoms. The van der Waals surface area contributed by atoms with Crippen LogP contribution in [0.5, 0.6) is 0 Å². The molecule has 1 amide bonds. The number of benzene rings is 1. The molecule has 1 aliphatic heterocycles. The van der Waals surface area contributed by atoms with Gasteiger partial charge < -0.3 is 4.90 Å². The smallest absolute Gasteiger partial charge is 0.226 e. The molecule has 0 radical (unpaired) electrons. The van der Waals surface area contributed by atoms with Crippen LogP contribution >= 0.6 is 0 Å². The average Bonchev–Trinajstić information content (AvgIpc) is 3.12. The van der Waals surface area contributed by atoms with E-state index in [1.165, 1.54) is 0 Å². The first-order valence-corrected chi connectivity index (χ1v) is 9.19. The number of aromatic nitrogens is 3. The normalized spacial score (nSPS) is 18.2. The average molecular weight is 341 g/mol. The number of para-hydroxylation sites is 1. The molecule has 0 saturated carbocycles. The lowest BCUT2D eigenvalue weighted by atomic mass is 9.96. The summed E-state index contributed by atoms with van der Waals surface area (Å²) in [6.45, 7) is 8.24. The maximum Gasteiger partial charge on any atom is 0.226 e. The van der Waals surface area contributed by atoms with Crippen LogP contribution in [0, 0.1) is 5.92 Å². The number of likely N-dealkylation sites (tertiary alicyclic amines) is 1. The predicted octanol–water partition coefficient (Wildman–Crippen LogP) is 2.35. The van der Waals surface area contributed by atoms with Gasteiger partial charge in [-0.1, -0.05) is 23.4 Å². The second kappa shape index (κ2) is 8.25. The van der Waals surface area contributed by atoms with Crippen LogP contribution in [0.25, 0.3) is 5.69 Å². The largest absolute Gasteiger partial charge is 0.343 e. The molecule has 2 aromatic rings. The summed E-state index contributed by atoms with van der Waals surface area (Å²) in [6, 6.07) is 9.99. The van der Waals surface area contributed by atoms with Gasteiger partial charge in [0.1, 0.15) is 0 Å². The summed E-state index contributed by atoms with van der Waals surface area (Å²) in [6.07, 6.45) is 4.03. The van der Waals surface area contributed by atoms with E-state index in [1.807, 2.05) is 55.3 Å². The zero-order valence-electron chi connectivity index (χ0n) is 15.1. The zero-order valence-corrected chi connectivity index (χ0v) is 15.1. The van der Waals surface area contributed by atoms with E-state index in [9.17, 15) is 4.79 Å². The molecule has 1 aromatic heterocycles. The molecule has 1 atom stereocenters. The van der Waals surface area contributed by atoms with Crippen molar-refractivity contribution in [2.75, 3.05) is 26.2 Å². The van der Waals surface area contributed by atoms with Crippen molar-refractivity contribution in [2.45, 2.75) is 33.2 Å². The third kappa shape index (κ3) is 4.25. The number of amides is 1. The van der Waals surface area contributed by atoms with Crippen molar-refractivity contribution in [3.05, 3.63) is 42.2 Å². The molecule has 3 rings (SSSR count). The molecule has 1 aromatic carbocycles. The van der Waals surface area contributed by atoms with Crippen LogP contribution in [0.4, 0.5) is 0 Å². The highest BCUT2D eigenvalue weighted by atomic mass is 16.2. The van der Waals surface area contributed by atoms with Crippen molar-refractivity contribution in [1.29, 1.82) is 0 Å². The van der Waals surface area contributed by atoms with Gasteiger partial charge in [-0.2, -0.15) is 0 Å². The zero-order chi connectivity index (χ0) is 17.6. The molecule has 0 N–H and O–H groups in total. The van der Waals surface area contributed by atoms with Gasteiger partial charge in [0.05, 0.1) is 23.5 Å². The van der Waals surface area contributed by atoms with Crippen LogP contribution in [-0.2, 0) is 11.3 Å². The lowest BCUT2D eigenvalue weighted by Crippen LogP contribution is -2.44. The van der Waals surface area contributed by atoms with Gasteiger partial charge in [-0.3, -0.25) is 9.69 Å². The highest BCUT2D eigenvalue weighted by molar-refractivity contribution is 5.79. The Kier molecular flexibility index (Phi) is 5.81. The van der Waals surface area contributed by atoms with Crippen LogP contribution in [-0.4, -0.2) is 56.9 Å². The van der Waals surface area contributed by atoms with E-state index in [0.717, 1.165) is 56.9 Å². The minimum Gasteiger partial charge on any atom is -0.343 e. The molecule has 25 heavy (non-hydrogen) atoms. The van der Waals surface area contributed by atoms with Gasteiger partial charge in [-0.05, 0) is 45.4 Å². The fourth-order valence-electron chi connectivity index (χ4n) is 3.50. The Hall–Kier alpha value is -2.21. The maximum absolute atomic E-state index is 12.6. The standard InChI is InChI=1S/C19H27N5O/c1-3-23(4-2)19(25)16-9-8-12-22(13-16)14-17-15-24(21-20-17)18-10-6-5-7-11-18/h5-7,10-11,15-16H,3-4,8-9,12-14H2,1-2H3. The molecule has 2 heterocycles. The van der Waals surface area contributed by atoms with Gasteiger partial charge in [0.2, 0.25) is 5.91 Å². The molecule has 1 aliphatic rings. The number of carbonyl (C=O) groups is 1. The van der Waals surface area contributed by atoms with E-state index >= 15 is 0 Å². The minimum atomic E-state index is 0.109. The van der Waals surface area contributed by atoms with Crippen LogP contribution in [0.2, 0.25) is 0 Å². The monoisotopic (exact) mass is 341 g/mol. The number of rotatable bonds is 6. The molecule has 134 valence electrons. The first-order valence-electron chi connectivity index (χ1n) is 9.19. The fourth-order valence-corrected chi connectivity index (χ4v) is 3.50. The topological polar surface area (TPSA) is 54.3 Å². The molecular formula is C19H27N5O. The Labute approximate surface area is 149 Å². The molecule has 1 fully saturated rings. The first-order chi connectivity index (χ1) is 12.2. The Balaban J connectivity index is 1.61. The summed E-state index contributed by atoms with van der Waals surface area (Å²) in [5.74, 6) is 0.403. The number of hydrogen-bond donors (Lipinski definition) is 0. The lowest BCUT2D eigenvalue weighted by Gasteiger charge is -2.34. The van der Waals surface area contributed by atoms with Crippen LogP contribution < -0.4 is 0 Å². The van der Waals surface area contributed by atoms with E-state index in [4.69, 9.17) is 0 Å². The Morgan fingerprint density at radius 1 is 1.24 bits per heavy atom. The first kappa shape index (κ1) is 17.6. The van der Waals surface area contributed by atoms with Crippen LogP contribution in [0.3, 0.4) is 0 Å². The number of hydrogen-bond acceptors (Lipinski definition) is 4. The summed E-state index contributed by atoms with van der Waals surface area (Å²) in [4.78, 5) is 16.9. The van der Waals surface area contributed by atoms with E-state index in [1.54, 1.807) is 4.68 Å². The van der Waals surface area contributed by atoms with Gasteiger partial charge in [-0.25, -0.2) is 4.68 Å². The highest BCUT2D eigenvalue weighted by Gasteiger charge is 2.28. The summed E-state index contributed by atoms with van der Waals surface area (Å²) >= 11 is 0. The van der Waals surface area contributed by atoms with Crippen molar-refractivity contribution in [1.82, 2.24) is 24.8 Å². The van der Waals surface area contributed by atoms with Gasteiger partial charge in [0.15, 0.2) is 0 Å². The van der Waals surface area contributed by atoms with Crippen molar-refractivity contribution >= 4 is 5.91 Å². The van der Waals surface area contributed by atoms with Crippen molar-refractivity contribution in [2.24, 2.45) is 5.92 Å². The van der Waals surface area contributed by atoms with E-state index in [2.05, 4.69) is 15.2 Å². The van der Waals surface area contributed by atoms with Gasteiger partial charge in [0.25, 0.3) is 0 Å². The Morgan fingerprint density at radius 2 is 2.00 bits per heavy atom. The maximum atomic E-state index is 12.6. The SMILES string of the molecule is CCN(CC)C(=O)C1CCCN(Cc2cn(-c3ccccc3)nn2)C1. The highest BCUT2D eigenvalue weighted by Crippen LogP contribution is 2.20. The Bertz CT molecular complexity index is 680. The van der Waals surface area contributed by atoms with Crippen molar-refractivity contribution in [3.63, 3.8) is 0 Å². The molecule has 1 saturated heterocycles. The predicted molar refractivity (Wildman–Crippen MR) is 97.3 cm³/mol. The molecular weight excluding hydrogens is 314 g/mol. The molecule has 0 aliphatic carbocycles. The van der Waals surface area contributed by atoms with Crippen LogP contribution in [0.1, 0.15) is 32.4 Å². The summed E-state index contributed by atoms with van der Waals surface area (Å²) in [5.41, 5.74) is 1.95. The van der Waals surface area contributed by atoms with Gasteiger partial charge in [0, 0.05) is 26.2 Å². The number of nitrogens with zero attached hydrogens (tertiary/aromatic N) is 5. The van der Waals surface area contributed by atoms with Gasteiger partial charge >= 0.3 is 0 Å². The van der Waals surface area contributed by atoms with Crippen molar-refractivity contribution in [3.8, 4) is 5.69 Å². The number of piperidine rings is 1. The third-order valence-electron chi connectivity index (χ3n) is 4.88. The summed E-state index contributed by atoms with van der Waals surface area (Å²) in [5, 5.41) is 8.53. The fraction of sp³-hybridized carbons (Fsp3) is 0.526. The molecule has 6 nitrogen and oxygen atoms in total. The summed E-state index contributed by atoms with van der Waals surface area (Å²) in [7, 11) is 0. The minimum absolute atomic E-state index is 0.109. The quantitative estimate of drug-likeness (QED) is 0.809. The van der Waals surface area contributed by atoms with Crippen LogP contribution in [0.15, 0.2) is 36.5 Å². The third-order valence-corrected chi connectivity index (χ3v) is 4.88. The molecule has 1 unspecified atom stereocenters. The number of carbonyl (C=O) groups excluding carboxylic acids is 1. The summed E-state index contributed by atoms with van der Waals surface area (Å²) < 4.78 is 1.80. The van der Waals surface area contributed by atoms with Gasteiger partial charge in [-0.15, -0.1) is 5.10 Å². The van der Waals surface area contributed by atoms with E-state index in [-0.39, 0.29) is 5.92 Å². The molecule has 0 spiro atoms. The molecule has 0 bridgehead atoms. The van der Waals surface area contributed by atoms with E-state index in [0.29, 0.717) is 5.91 Å².